The highest BCUT2D eigenvalue weighted by molar-refractivity contribution is 7.89. The molecule has 0 spiro atoms. The van der Waals surface area contributed by atoms with E-state index in [1.165, 1.54) is 10.4 Å². The maximum Gasteiger partial charge on any atom is 0.381 e. The molecule has 0 aromatic heterocycles. The minimum Gasteiger partial charge on any atom is -0.472 e. The fourth-order valence-corrected chi connectivity index (χ4v) is 4.49. The number of carboxylic acids is 1. The SMILES string of the molecule is Cc1ccc(S(=O)(=O)N2CCCC(C#CC(=O)O)C2)c(Cl)c1. The zero-order valence-electron chi connectivity index (χ0n) is 12.0. The van der Waals surface area contributed by atoms with E-state index in [0.717, 1.165) is 5.56 Å². The van der Waals surface area contributed by atoms with Crippen LogP contribution in [0.15, 0.2) is 23.1 Å². The summed E-state index contributed by atoms with van der Waals surface area (Å²) in [5.74, 6) is 3.19. The molecule has 1 N–H and O–H groups in total. The molecule has 118 valence electrons. The predicted octanol–water partition coefficient (Wildman–Crippen LogP) is 2.14. The van der Waals surface area contributed by atoms with E-state index in [2.05, 4.69) is 11.8 Å². The van der Waals surface area contributed by atoms with Gasteiger partial charge in [-0.15, -0.1) is 0 Å². The molecule has 1 unspecified atom stereocenters. The summed E-state index contributed by atoms with van der Waals surface area (Å²) in [6.07, 6.45) is 1.33. The van der Waals surface area contributed by atoms with Gasteiger partial charge in [0.1, 0.15) is 4.90 Å². The summed E-state index contributed by atoms with van der Waals surface area (Å²) in [7, 11) is -3.69. The lowest BCUT2D eigenvalue weighted by Crippen LogP contribution is -2.39. The molecule has 0 aliphatic carbocycles. The van der Waals surface area contributed by atoms with Gasteiger partial charge >= 0.3 is 5.97 Å². The van der Waals surface area contributed by atoms with E-state index in [1.54, 1.807) is 12.1 Å². The lowest BCUT2D eigenvalue weighted by molar-refractivity contribution is -0.130. The molecule has 0 bridgehead atoms. The van der Waals surface area contributed by atoms with Crippen LogP contribution in [0.5, 0.6) is 0 Å². The van der Waals surface area contributed by atoms with Gasteiger partial charge < -0.3 is 5.11 Å². The molecule has 1 aromatic carbocycles. The van der Waals surface area contributed by atoms with E-state index in [9.17, 15) is 13.2 Å². The third-order valence-corrected chi connectivity index (χ3v) is 5.82. The van der Waals surface area contributed by atoms with Crippen molar-refractivity contribution in [3.8, 4) is 11.8 Å². The second-order valence-corrected chi connectivity index (χ2v) is 7.52. The number of halogens is 1. The number of carboxylic acid groups (broad SMARTS) is 1. The molecule has 5 nitrogen and oxygen atoms in total. The van der Waals surface area contributed by atoms with Gasteiger partial charge in [-0.25, -0.2) is 13.2 Å². The number of rotatable bonds is 2. The second kappa shape index (κ2) is 6.69. The summed E-state index contributed by atoms with van der Waals surface area (Å²) >= 11 is 6.06. The van der Waals surface area contributed by atoms with Gasteiger partial charge in [0.05, 0.1) is 5.02 Å². The van der Waals surface area contributed by atoms with Crippen LogP contribution in [0.25, 0.3) is 0 Å². The summed E-state index contributed by atoms with van der Waals surface area (Å²) in [6, 6.07) is 4.81. The van der Waals surface area contributed by atoms with E-state index < -0.39 is 16.0 Å². The van der Waals surface area contributed by atoms with Crippen molar-refractivity contribution in [2.75, 3.05) is 13.1 Å². The van der Waals surface area contributed by atoms with Crippen LogP contribution >= 0.6 is 11.6 Å². The molecule has 0 saturated carbocycles. The molecule has 0 radical (unpaired) electrons. The van der Waals surface area contributed by atoms with Crippen molar-refractivity contribution in [3.05, 3.63) is 28.8 Å². The number of hydrogen-bond acceptors (Lipinski definition) is 3. The van der Waals surface area contributed by atoms with Crippen molar-refractivity contribution in [2.45, 2.75) is 24.7 Å². The fourth-order valence-electron chi connectivity index (χ4n) is 2.40. The number of benzene rings is 1. The summed E-state index contributed by atoms with van der Waals surface area (Å²) in [6.45, 7) is 2.41. The van der Waals surface area contributed by atoms with Gasteiger partial charge in [0.2, 0.25) is 10.0 Å². The van der Waals surface area contributed by atoms with Crippen LogP contribution in [-0.2, 0) is 14.8 Å². The first-order valence-electron chi connectivity index (χ1n) is 6.81. The molecule has 1 fully saturated rings. The molecule has 1 aliphatic rings. The topological polar surface area (TPSA) is 74.7 Å². The Kier molecular flexibility index (Phi) is 5.12. The molecule has 1 atom stereocenters. The van der Waals surface area contributed by atoms with Crippen molar-refractivity contribution < 1.29 is 18.3 Å². The van der Waals surface area contributed by atoms with E-state index in [1.807, 2.05) is 6.92 Å². The summed E-state index contributed by atoms with van der Waals surface area (Å²) in [5, 5.41) is 8.78. The Hall–Kier alpha value is -1.55. The van der Waals surface area contributed by atoms with Gasteiger partial charge in [-0.1, -0.05) is 23.6 Å². The number of hydrogen-bond donors (Lipinski definition) is 1. The Labute approximate surface area is 134 Å². The fraction of sp³-hybridized carbons (Fsp3) is 0.400. The van der Waals surface area contributed by atoms with Crippen molar-refractivity contribution in [3.63, 3.8) is 0 Å². The van der Waals surface area contributed by atoms with Crippen LogP contribution in [0.2, 0.25) is 5.02 Å². The Balaban J connectivity index is 2.26. The second-order valence-electron chi connectivity index (χ2n) is 5.21. The van der Waals surface area contributed by atoms with E-state index in [-0.39, 0.29) is 22.4 Å². The number of nitrogens with zero attached hydrogens (tertiary/aromatic N) is 1. The molecular formula is C15H16ClNO4S. The number of piperidine rings is 1. The highest BCUT2D eigenvalue weighted by atomic mass is 35.5. The monoisotopic (exact) mass is 341 g/mol. The van der Waals surface area contributed by atoms with Gasteiger partial charge in [0.15, 0.2) is 0 Å². The first-order valence-corrected chi connectivity index (χ1v) is 8.63. The van der Waals surface area contributed by atoms with Gasteiger partial charge in [-0.2, -0.15) is 4.31 Å². The number of sulfonamides is 1. The number of aliphatic carboxylic acids is 1. The average Bonchev–Trinajstić information content (AvgIpc) is 2.45. The van der Waals surface area contributed by atoms with Crippen LogP contribution in [-0.4, -0.2) is 36.9 Å². The van der Waals surface area contributed by atoms with Crippen molar-refractivity contribution >= 4 is 27.6 Å². The quantitative estimate of drug-likeness (QED) is 0.836. The van der Waals surface area contributed by atoms with Crippen LogP contribution in [0, 0.1) is 24.7 Å². The number of carbonyl (C=O) groups is 1. The van der Waals surface area contributed by atoms with E-state index >= 15 is 0 Å². The zero-order chi connectivity index (χ0) is 16.3. The van der Waals surface area contributed by atoms with Gasteiger partial charge in [0, 0.05) is 24.9 Å². The van der Waals surface area contributed by atoms with Crippen LogP contribution < -0.4 is 0 Å². The van der Waals surface area contributed by atoms with Gasteiger partial charge in [0.25, 0.3) is 0 Å². The van der Waals surface area contributed by atoms with Gasteiger partial charge in [-0.3, -0.25) is 0 Å². The van der Waals surface area contributed by atoms with Crippen molar-refractivity contribution in [2.24, 2.45) is 5.92 Å². The molecule has 7 heteroatoms. The lowest BCUT2D eigenvalue weighted by atomic mass is 10.0. The standard InChI is InChI=1S/C15H16ClNO4S/c1-11-4-6-14(13(16)9-11)22(20,21)17-8-2-3-12(10-17)5-7-15(18)19/h4,6,9,12H,2-3,8,10H2,1H3,(H,18,19). The highest BCUT2D eigenvalue weighted by Crippen LogP contribution is 2.28. The third-order valence-electron chi connectivity index (χ3n) is 3.47. The predicted molar refractivity (Wildman–Crippen MR) is 83.1 cm³/mol. The first-order chi connectivity index (χ1) is 10.3. The molecule has 1 aromatic rings. The minimum atomic E-state index is -3.69. The summed E-state index contributed by atoms with van der Waals surface area (Å²) < 4.78 is 26.7. The lowest BCUT2D eigenvalue weighted by Gasteiger charge is -2.29. The largest absolute Gasteiger partial charge is 0.472 e. The Morgan fingerprint density at radius 2 is 2.18 bits per heavy atom. The van der Waals surface area contributed by atoms with E-state index in [0.29, 0.717) is 19.4 Å². The van der Waals surface area contributed by atoms with Crippen molar-refractivity contribution in [1.82, 2.24) is 4.31 Å². The van der Waals surface area contributed by atoms with Crippen LogP contribution in [0.3, 0.4) is 0 Å². The van der Waals surface area contributed by atoms with Crippen LogP contribution in [0.4, 0.5) is 0 Å². The number of aryl methyl sites for hydroxylation is 1. The summed E-state index contributed by atoms with van der Waals surface area (Å²) in [5.41, 5.74) is 0.882. The highest BCUT2D eigenvalue weighted by Gasteiger charge is 2.31. The van der Waals surface area contributed by atoms with Gasteiger partial charge in [-0.05, 0) is 37.5 Å². The third kappa shape index (κ3) is 3.80. The molecule has 1 heterocycles. The Morgan fingerprint density at radius 1 is 1.45 bits per heavy atom. The summed E-state index contributed by atoms with van der Waals surface area (Å²) in [4.78, 5) is 10.6. The van der Waals surface area contributed by atoms with Crippen LogP contribution in [0.1, 0.15) is 18.4 Å². The molecule has 1 saturated heterocycles. The first kappa shape index (κ1) is 16.8. The average molecular weight is 342 g/mol. The molecule has 1 aliphatic heterocycles. The normalized spacial score (nSPS) is 19.3. The Bertz CT molecular complexity index is 749. The Morgan fingerprint density at radius 3 is 2.82 bits per heavy atom. The molecule has 0 amide bonds. The maximum absolute atomic E-state index is 12.7. The minimum absolute atomic E-state index is 0.0756. The van der Waals surface area contributed by atoms with E-state index in [4.69, 9.17) is 16.7 Å². The molecule has 2 rings (SSSR count). The zero-order valence-corrected chi connectivity index (χ0v) is 13.6. The smallest absolute Gasteiger partial charge is 0.381 e. The molecule has 22 heavy (non-hydrogen) atoms. The maximum atomic E-state index is 12.7. The molecular weight excluding hydrogens is 326 g/mol. The van der Waals surface area contributed by atoms with Crippen molar-refractivity contribution in [1.29, 1.82) is 0 Å².